The smallest absolute Gasteiger partial charge is 0.335 e. The van der Waals surface area contributed by atoms with Crippen LogP contribution in [0.2, 0.25) is 0 Å². The highest BCUT2D eigenvalue weighted by atomic mass is 16.4. The van der Waals surface area contributed by atoms with Gasteiger partial charge in [0.05, 0.1) is 5.57 Å². The first-order chi connectivity index (χ1) is 14.1. The van der Waals surface area contributed by atoms with E-state index < -0.39 is 5.97 Å². The van der Waals surface area contributed by atoms with Gasteiger partial charge in [-0.3, -0.25) is 4.79 Å². The third kappa shape index (κ3) is 3.12. The number of hydrogen-bond acceptors (Lipinski definition) is 4. The number of phenolic OH excluding ortho intramolecular Hbond substituents is 1. The van der Waals surface area contributed by atoms with Gasteiger partial charge in [0.1, 0.15) is 17.1 Å². The number of aromatic hydroxyl groups is 1. The number of phenols is 1. The van der Waals surface area contributed by atoms with E-state index in [2.05, 4.69) is 6.58 Å². The monoisotopic (exact) mass is 404 g/mol. The average molecular weight is 404 g/mol. The van der Waals surface area contributed by atoms with Gasteiger partial charge in [0.15, 0.2) is 5.43 Å². The van der Waals surface area contributed by atoms with Gasteiger partial charge in [0.25, 0.3) is 0 Å². The van der Waals surface area contributed by atoms with E-state index in [9.17, 15) is 19.8 Å². The first kappa shape index (κ1) is 21.1. The predicted molar refractivity (Wildman–Crippen MR) is 119 cm³/mol. The molecule has 2 aliphatic rings. The van der Waals surface area contributed by atoms with Crippen molar-refractivity contribution in [2.75, 3.05) is 0 Å². The van der Waals surface area contributed by atoms with Crippen molar-refractivity contribution in [3.05, 3.63) is 80.6 Å². The molecule has 30 heavy (non-hydrogen) atoms. The Morgan fingerprint density at radius 3 is 2.33 bits per heavy atom. The average Bonchev–Trinajstić information content (AvgIpc) is 2.69. The van der Waals surface area contributed by atoms with Gasteiger partial charge in [-0.25, -0.2) is 4.79 Å². The second kappa shape index (κ2) is 7.67. The van der Waals surface area contributed by atoms with Gasteiger partial charge in [0, 0.05) is 27.6 Å². The van der Waals surface area contributed by atoms with Crippen LogP contribution in [0.15, 0.2) is 51.7 Å². The van der Waals surface area contributed by atoms with Crippen LogP contribution in [0.25, 0.3) is 27.9 Å². The van der Waals surface area contributed by atoms with Crippen molar-refractivity contribution in [1.82, 2.24) is 0 Å². The molecule has 0 saturated heterocycles. The van der Waals surface area contributed by atoms with E-state index in [1.807, 2.05) is 0 Å². The number of carbonyl (C=O) groups is 1. The maximum absolute atomic E-state index is 12.6. The number of hydrogen-bond donors (Lipinski definition) is 2. The molecular formula is C25H24O5. The summed E-state index contributed by atoms with van der Waals surface area (Å²) in [5.74, 6) is -0.605. The van der Waals surface area contributed by atoms with E-state index in [4.69, 9.17) is 4.42 Å². The highest BCUT2D eigenvalue weighted by molar-refractivity contribution is 6.12. The summed E-state index contributed by atoms with van der Waals surface area (Å²) in [6, 6.07) is 3.50. The summed E-state index contributed by atoms with van der Waals surface area (Å²) in [7, 11) is 0. The lowest BCUT2D eigenvalue weighted by Gasteiger charge is -2.21. The highest BCUT2D eigenvalue weighted by Crippen LogP contribution is 2.44. The zero-order chi connectivity index (χ0) is 22.3. The number of allylic oxidation sites excluding steroid dienone is 3. The number of fused-ring (bicyclic) bond motifs is 2. The fourth-order valence-electron chi connectivity index (χ4n) is 3.90. The number of carboxylic acid groups (broad SMARTS) is 1. The molecule has 5 heteroatoms. The summed E-state index contributed by atoms with van der Waals surface area (Å²) >= 11 is 0. The van der Waals surface area contributed by atoms with Crippen molar-refractivity contribution in [3.63, 3.8) is 0 Å². The first-order valence-electron chi connectivity index (χ1n) is 9.56. The molecule has 1 heterocycles. The summed E-state index contributed by atoms with van der Waals surface area (Å²) in [5, 5.41) is 20.9. The van der Waals surface area contributed by atoms with E-state index in [0.29, 0.717) is 55.7 Å². The first-order valence-corrected chi connectivity index (χ1v) is 9.56. The van der Waals surface area contributed by atoms with Crippen LogP contribution in [0.4, 0.5) is 0 Å². The maximum atomic E-state index is 12.6. The van der Waals surface area contributed by atoms with Crippen LogP contribution in [0.5, 0.6) is 5.75 Å². The minimum absolute atomic E-state index is 0.0994. The number of aliphatic carboxylic acids is 1. The van der Waals surface area contributed by atoms with Crippen LogP contribution in [0, 0.1) is 27.7 Å². The molecule has 1 aliphatic heterocycles. The van der Waals surface area contributed by atoms with Crippen LogP contribution in [0.3, 0.4) is 0 Å². The van der Waals surface area contributed by atoms with Crippen molar-refractivity contribution in [3.8, 4) is 17.1 Å². The van der Waals surface area contributed by atoms with E-state index >= 15 is 0 Å². The summed E-state index contributed by atoms with van der Waals surface area (Å²) in [5.41, 5.74) is 4.22. The molecule has 154 valence electrons. The minimum atomic E-state index is -1.08. The second-order valence-corrected chi connectivity index (χ2v) is 7.37. The second-order valence-electron chi connectivity index (χ2n) is 7.37. The Morgan fingerprint density at radius 1 is 1.10 bits per heavy atom. The van der Waals surface area contributed by atoms with Crippen molar-refractivity contribution in [2.24, 2.45) is 0 Å². The lowest BCUT2D eigenvalue weighted by molar-refractivity contribution is -0.132. The molecule has 1 aromatic rings. The standard InChI is InChI=1S/C25H24O5/c1-7-9-17(16(8-2)25(28)29)20-18-10-12(3)21(26)14(5)23(18)30-24-15(6)22(27)13(4)11-19(20)24/h7-11,26H,1H2,2-6H3,(H,28,29)/b16-8+,17-9+. The number of rotatable bonds is 4. The molecule has 0 spiro atoms. The highest BCUT2D eigenvalue weighted by Gasteiger charge is 2.27. The van der Waals surface area contributed by atoms with Crippen LogP contribution in [0.1, 0.15) is 34.7 Å². The lowest BCUT2D eigenvalue weighted by Crippen LogP contribution is -2.13. The van der Waals surface area contributed by atoms with Gasteiger partial charge in [0.2, 0.25) is 0 Å². The fourth-order valence-corrected chi connectivity index (χ4v) is 3.90. The molecule has 1 aromatic carbocycles. The number of benzene rings is 2. The molecule has 0 radical (unpaired) electrons. The van der Waals surface area contributed by atoms with Crippen LogP contribution < -0.4 is 5.43 Å². The minimum Gasteiger partial charge on any atom is -0.507 e. The predicted octanol–water partition coefficient (Wildman–Crippen LogP) is 5.44. The van der Waals surface area contributed by atoms with Gasteiger partial charge < -0.3 is 14.6 Å². The van der Waals surface area contributed by atoms with Gasteiger partial charge in [-0.2, -0.15) is 0 Å². The lowest BCUT2D eigenvalue weighted by atomic mass is 9.86. The van der Waals surface area contributed by atoms with Crippen molar-refractivity contribution < 1.29 is 19.4 Å². The molecule has 3 rings (SSSR count). The Labute approximate surface area is 174 Å². The van der Waals surface area contributed by atoms with E-state index in [1.54, 1.807) is 52.8 Å². The molecule has 0 unspecified atom stereocenters. The number of carboxylic acids is 1. The van der Waals surface area contributed by atoms with Gasteiger partial charge in [-0.1, -0.05) is 24.8 Å². The molecule has 5 nitrogen and oxygen atoms in total. The van der Waals surface area contributed by atoms with E-state index in [-0.39, 0.29) is 16.8 Å². The Bertz CT molecular complexity index is 1300. The molecule has 0 saturated carbocycles. The molecule has 2 N–H and O–H groups in total. The third-order valence-electron chi connectivity index (χ3n) is 5.43. The molecule has 0 bridgehead atoms. The van der Waals surface area contributed by atoms with Crippen LogP contribution in [-0.4, -0.2) is 16.2 Å². The molecule has 0 amide bonds. The third-order valence-corrected chi connectivity index (χ3v) is 5.43. The van der Waals surface area contributed by atoms with Crippen LogP contribution >= 0.6 is 0 Å². The zero-order valence-electron chi connectivity index (χ0n) is 17.7. The fraction of sp³-hybridized carbons (Fsp3) is 0.200. The summed E-state index contributed by atoms with van der Waals surface area (Å²) in [4.78, 5) is 24.6. The topological polar surface area (TPSA) is 87.7 Å². The number of aryl methyl sites for hydroxylation is 3. The van der Waals surface area contributed by atoms with Crippen LogP contribution in [-0.2, 0) is 4.79 Å². The SMILES string of the molecule is C=C/C=C(\C(=C/C)C(=O)O)c1c2cc(C)c(=O)c(C)c-2oc2c(C)c(O)c(C)cc12. The Morgan fingerprint density at radius 2 is 1.77 bits per heavy atom. The van der Waals surface area contributed by atoms with Crippen molar-refractivity contribution in [1.29, 1.82) is 0 Å². The van der Waals surface area contributed by atoms with Gasteiger partial charge in [-0.15, -0.1) is 0 Å². The quantitative estimate of drug-likeness (QED) is 0.344. The van der Waals surface area contributed by atoms with E-state index in [0.717, 1.165) is 0 Å². The van der Waals surface area contributed by atoms with Crippen molar-refractivity contribution in [2.45, 2.75) is 34.6 Å². The summed E-state index contributed by atoms with van der Waals surface area (Å²) in [6.45, 7) is 12.3. The molecule has 0 aromatic heterocycles. The molecule has 0 fully saturated rings. The normalized spacial score (nSPS) is 12.6. The van der Waals surface area contributed by atoms with Crippen molar-refractivity contribution >= 4 is 22.5 Å². The Hall–Kier alpha value is -3.60. The summed E-state index contributed by atoms with van der Waals surface area (Å²) < 4.78 is 6.14. The van der Waals surface area contributed by atoms with Gasteiger partial charge >= 0.3 is 5.97 Å². The Balaban J connectivity index is 2.70. The Kier molecular flexibility index (Phi) is 5.40. The van der Waals surface area contributed by atoms with E-state index in [1.165, 1.54) is 12.2 Å². The molecule has 1 aliphatic carbocycles. The zero-order valence-corrected chi connectivity index (χ0v) is 17.7. The molecule has 0 atom stereocenters. The van der Waals surface area contributed by atoms with Gasteiger partial charge in [-0.05, 0) is 63.5 Å². The molecular weight excluding hydrogens is 380 g/mol. The summed E-state index contributed by atoms with van der Waals surface area (Å²) in [6.07, 6.45) is 4.71. The maximum Gasteiger partial charge on any atom is 0.335 e. The largest absolute Gasteiger partial charge is 0.507 e.